The van der Waals surface area contributed by atoms with Gasteiger partial charge >= 0.3 is 12.3 Å². The number of carbonyl (C=O) groups excluding carboxylic acids is 2. The minimum atomic E-state index is -4.60. The second-order valence-corrected chi connectivity index (χ2v) is 20.0. The van der Waals surface area contributed by atoms with Crippen molar-refractivity contribution < 1.29 is 42.4 Å². The number of nitrogens with zero attached hydrogens (tertiary/aromatic N) is 1. The van der Waals surface area contributed by atoms with Crippen molar-refractivity contribution in [3.63, 3.8) is 0 Å². The van der Waals surface area contributed by atoms with Crippen LogP contribution in [-0.2, 0) is 15.7 Å². The predicted octanol–water partition coefficient (Wildman–Crippen LogP) is 9.56. The fraction of sp³-hybridized carbons (Fsp3) is 0.739. The fourth-order valence-electron chi connectivity index (χ4n) is 13.6. The number of ketones is 1. The Morgan fingerprint density at radius 3 is 2.45 bits per heavy atom. The second-order valence-electron chi connectivity index (χ2n) is 20.0. The van der Waals surface area contributed by atoms with E-state index in [0.29, 0.717) is 69.1 Å². The van der Waals surface area contributed by atoms with Gasteiger partial charge in [-0.05, 0) is 118 Å². The molecule has 9 rings (SSSR count). The molecule has 12 unspecified atom stereocenters. The first kappa shape index (κ1) is 40.1. The van der Waals surface area contributed by atoms with E-state index in [1.54, 1.807) is 4.90 Å². The normalized spacial score (nSPS) is 42.8. The molecule has 0 aromatic heterocycles. The number of benzene rings is 1. The molecule has 0 radical (unpaired) electrons. The van der Waals surface area contributed by atoms with Crippen molar-refractivity contribution in [1.29, 1.82) is 0 Å². The SMILES string of the molecule is CC1CCC(C(C)C)C(OC(=O)N(CC2CCCO2)CC2(O)CCC3C45C=CC6(C=C4C(=O)c4cccc(C(F)(F)F)c4)CC(O)CCC6(C)C5CCC32C)C1. The molecule has 308 valence electrons. The van der Waals surface area contributed by atoms with E-state index in [0.717, 1.165) is 50.7 Å². The summed E-state index contributed by atoms with van der Waals surface area (Å²) in [6, 6.07) is 4.73. The van der Waals surface area contributed by atoms with Crippen LogP contribution >= 0.6 is 0 Å². The van der Waals surface area contributed by atoms with Crippen LogP contribution in [0, 0.1) is 51.2 Å². The first-order valence-corrected chi connectivity index (χ1v) is 21.5. The van der Waals surface area contributed by atoms with Gasteiger partial charge in [0, 0.05) is 34.0 Å². The van der Waals surface area contributed by atoms with Gasteiger partial charge in [-0.3, -0.25) is 4.79 Å². The molecule has 1 aromatic rings. The van der Waals surface area contributed by atoms with Gasteiger partial charge in [0.15, 0.2) is 5.78 Å². The van der Waals surface area contributed by atoms with Crippen LogP contribution in [0.15, 0.2) is 48.1 Å². The topological polar surface area (TPSA) is 96.3 Å². The number of fused-ring (bicyclic) bond motifs is 1. The van der Waals surface area contributed by atoms with Gasteiger partial charge in [-0.2, -0.15) is 13.2 Å². The first-order valence-electron chi connectivity index (χ1n) is 21.5. The van der Waals surface area contributed by atoms with E-state index in [4.69, 9.17) is 9.47 Å². The van der Waals surface area contributed by atoms with E-state index in [9.17, 15) is 33.0 Å². The largest absolute Gasteiger partial charge is 0.446 e. The number of Topliss-reactive ketones (excluding diaryl/α,β-unsaturated/α-hetero) is 1. The Kier molecular flexibility index (Phi) is 10.0. The number of aliphatic hydroxyl groups excluding tert-OH is 1. The predicted molar refractivity (Wildman–Crippen MR) is 206 cm³/mol. The van der Waals surface area contributed by atoms with Crippen molar-refractivity contribution in [3.8, 4) is 0 Å². The van der Waals surface area contributed by atoms with Crippen LogP contribution < -0.4 is 0 Å². The number of allylic oxidation sites excluding steroid dienone is 4. The summed E-state index contributed by atoms with van der Waals surface area (Å²) < 4.78 is 54.4. The standard InChI is InChI=1S/C46H62F3NO6/c1-28(2)34-12-11-29(3)22-36(34)56-40(53)50(26-33-10-7-21-55-33)27-44(54)18-15-38-42(44,5)17-14-37-41(4)16-13-32(51)24-43(41)19-20-45(37,38)35(25-43)39(52)30-8-6-9-31(23-30)46(47,48)49/h6,8-9,19-20,23,25,28-29,32-34,36-38,51,54H,7,10-18,21-22,24,26-27H2,1-5H3. The number of halogens is 3. The summed E-state index contributed by atoms with van der Waals surface area (Å²) in [7, 11) is 0. The van der Waals surface area contributed by atoms with Gasteiger partial charge in [-0.15, -0.1) is 0 Å². The van der Waals surface area contributed by atoms with Gasteiger partial charge in [-0.25, -0.2) is 4.79 Å². The molecule has 2 bridgehead atoms. The summed E-state index contributed by atoms with van der Waals surface area (Å²) >= 11 is 0. The van der Waals surface area contributed by atoms with Crippen LogP contribution in [0.1, 0.15) is 128 Å². The first-order chi connectivity index (χ1) is 26.4. The second kappa shape index (κ2) is 14.0. The van der Waals surface area contributed by atoms with Crippen LogP contribution in [0.25, 0.3) is 0 Å². The van der Waals surface area contributed by atoms with Gasteiger partial charge in [-0.1, -0.05) is 71.4 Å². The lowest BCUT2D eigenvalue weighted by Crippen LogP contribution is -2.67. The molecule has 10 heteroatoms. The van der Waals surface area contributed by atoms with Gasteiger partial charge < -0.3 is 24.6 Å². The van der Waals surface area contributed by atoms with Crippen LogP contribution in [0.4, 0.5) is 18.0 Å². The Bertz CT molecular complexity index is 1770. The van der Waals surface area contributed by atoms with E-state index in [1.165, 1.54) is 12.1 Å². The van der Waals surface area contributed by atoms with E-state index in [-0.39, 0.29) is 47.5 Å². The zero-order valence-electron chi connectivity index (χ0n) is 33.9. The van der Waals surface area contributed by atoms with Crippen molar-refractivity contribution in [3.05, 3.63) is 59.2 Å². The van der Waals surface area contributed by atoms with Gasteiger partial charge in [0.05, 0.1) is 36.5 Å². The summed E-state index contributed by atoms with van der Waals surface area (Å²) in [5.74, 6) is 0.434. The Morgan fingerprint density at radius 2 is 1.73 bits per heavy atom. The average Bonchev–Trinajstić information content (AvgIpc) is 3.75. The lowest BCUT2D eigenvalue weighted by molar-refractivity contribution is -0.176. The quantitative estimate of drug-likeness (QED) is 0.202. The molecule has 1 aliphatic heterocycles. The third-order valence-corrected chi connectivity index (χ3v) is 16.8. The van der Waals surface area contributed by atoms with Crippen LogP contribution in [0.5, 0.6) is 0 Å². The van der Waals surface area contributed by atoms with Crippen LogP contribution in [0.3, 0.4) is 0 Å². The van der Waals surface area contributed by atoms with Gasteiger partial charge in [0.1, 0.15) is 6.10 Å². The molecule has 2 N–H and O–H groups in total. The lowest BCUT2D eigenvalue weighted by Gasteiger charge is -2.71. The van der Waals surface area contributed by atoms with Crippen molar-refractivity contribution in [2.45, 2.75) is 142 Å². The van der Waals surface area contributed by atoms with Crippen molar-refractivity contribution in [1.82, 2.24) is 4.90 Å². The number of hydrogen-bond acceptors (Lipinski definition) is 6. The molecular weight excluding hydrogens is 720 g/mol. The van der Waals surface area contributed by atoms with E-state index in [1.807, 2.05) is 6.08 Å². The highest BCUT2D eigenvalue weighted by Gasteiger charge is 2.74. The smallest absolute Gasteiger partial charge is 0.416 e. The monoisotopic (exact) mass is 781 g/mol. The zero-order valence-corrected chi connectivity index (χ0v) is 33.9. The maximum absolute atomic E-state index is 14.9. The Labute approximate surface area is 330 Å². The summed E-state index contributed by atoms with van der Waals surface area (Å²) in [6.07, 6.45) is 9.38. The molecule has 2 spiro atoms. The number of alkyl halides is 3. The summed E-state index contributed by atoms with van der Waals surface area (Å²) in [4.78, 5) is 31.0. The maximum atomic E-state index is 14.9. The van der Waals surface area contributed by atoms with Crippen molar-refractivity contribution in [2.75, 3.05) is 19.7 Å². The molecule has 1 aromatic carbocycles. The number of carbonyl (C=O) groups is 2. The summed E-state index contributed by atoms with van der Waals surface area (Å²) in [5.41, 5.74) is -4.17. The van der Waals surface area contributed by atoms with E-state index < -0.39 is 51.6 Å². The molecule has 5 fully saturated rings. The lowest BCUT2D eigenvalue weighted by atomic mass is 9.32. The molecule has 8 aliphatic rings. The third-order valence-electron chi connectivity index (χ3n) is 16.8. The van der Waals surface area contributed by atoms with Crippen LogP contribution in [0.2, 0.25) is 0 Å². The van der Waals surface area contributed by atoms with Gasteiger partial charge in [0.2, 0.25) is 0 Å². The molecule has 4 saturated carbocycles. The number of ether oxygens (including phenoxy) is 2. The highest BCUT2D eigenvalue weighted by Crippen LogP contribution is 2.78. The van der Waals surface area contributed by atoms with E-state index in [2.05, 4.69) is 46.8 Å². The highest BCUT2D eigenvalue weighted by atomic mass is 19.4. The molecule has 12 atom stereocenters. The maximum Gasteiger partial charge on any atom is 0.416 e. The molecule has 7 aliphatic carbocycles. The van der Waals surface area contributed by atoms with Crippen molar-refractivity contribution in [2.24, 2.45) is 51.2 Å². The van der Waals surface area contributed by atoms with E-state index >= 15 is 0 Å². The summed E-state index contributed by atoms with van der Waals surface area (Å²) in [5, 5.41) is 24.2. The van der Waals surface area contributed by atoms with Crippen LogP contribution in [-0.4, -0.2) is 70.6 Å². The number of amides is 1. The zero-order chi connectivity index (χ0) is 40.1. The van der Waals surface area contributed by atoms with Gasteiger partial charge in [0.25, 0.3) is 0 Å². The average molecular weight is 782 g/mol. The molecule has 1 heterocycles. The number of rotatable bonds is 8. The molecule has 1 saturated heterocycles. The molecule has 1 amide bonds. The number of aliphatic hydroxyl groups is 2. The third kappa shape index (κ3) is 6.15. The molecule has 7 nitrogen and oxygen atoms in total. The Balaban J connectivity index is 1.16. The molecular formula is C46H62F3NO6. The Hall–Kier alpha value is -2.69. The molecule has 56 heavy (non-hydrogen) atoms. The minimum Gasteiger partial charge on any atom is -0.446 e. The fourth-order valence-corrected chi connectivity index (χ4v) is 13.6. The minimum absolute atomic E-state index is 0.00244. The van der Waals surface area contributed by atoms with Crippen molar-refractivity contribution >= 4 is 11.9 Å². The number of hydrogen-bond donors (Lipinski definition) is 2. The Morgan fingerprint density at radius 1 is 1.00 bits per heavy atom. The highest BCUT2D eigenvalue weighted by molar-refractivity contribution is 6.10. The summed E-state index contributed by atoms with van der Waals surface area (Å²) in [6.45, 7) is 12.0.